The van der Waals surface area contributed by atoms with Crippen molar-refractivity contribution in [1.29, 1.82) is 5.26 Å². The van der Waals surface area contributed by atoms with Gasteiger partial charge in [-0.1, -0.05) is 17.3 Å². The van der Waals surface area contributed by atoms with Crippen molar-refractivity contribution in [2.45, 2.75) is 20.1 Å². The molecule has 0 saturated carbocycles. The van der Waals surface area contributed by atoms with Gasteiger partial charge in [-0.3, -0.25) is 5.10 Å². The molecule has 4 aromatic rings. The van der Waals surface area contributed by atoms with Gasteiger partial charge in [0, 0.05) is 18.3 Å². The SMILES string of the molecule is Cc1cc(CNc2nccc(Nc3cc(OCc4cccc(C#N)c4)n[nH]3)n2)on1. The molecule has 0 aliphatic carbocycles. The third-order valence-corrected chi connectivity index (χ3v) is 4.01. The molecule has 10 heteroatoms. The molecule has 1 aromatic carbocycles. The summed E-state index contributed by atoms with van der Waals surface area (Å²) in [6.07, 6.45) is 1.64. The van der Waals surface area contributed by atoms with Gasteiger partial charge in [-0.05, 0) is 30.7 Å². The Balaban J connectivity index is 1.33. The molecule has 3 N–H and O–H groups in total. The third kappa shape index (κ3) is 4.90. The summed E-state index contributed by atoms with van der Waals surface area (Å²) in [4.78, 5) is 8.58. The lowest BCUT2D eigenvalue weighted by molar-refractivity contribution is 0.293. The lowest BCUT2D eigenvalue weighted by Crippen LogP contribution is -2.04. The van der Waals surface area contributed by atoms with Crippen molar-refractivity contribution in [1.82, 2.24) is 25.3 Å². The van der Waals surface area contributed by atoms with Gasteiger partial charge in [0.05, 0.1) is 23.9 Å². The molecule has 30 heavy (non-hydrogen) atoms. The number of nitrogens with one attached hydrogen (secondary N) is 3. The zero-order chi connectivity index (χ0) is 20.8. The van der Waals surface area contributed by atoms with E-state index in [1.807, 2.05) is 25.1 Å². The molecule has 3 aromatic heterocycles. The minimum absolute atomic E-state index is 0.308. The summed E-state index contributed by atoms with van der Waals surface area (Å²) >= 11 is 0. The van der Waals surface area contributed by atoms with E-state index >= 15 is 0 Å². The Bertz CT molecular complexity index is 1180. The number of ether oxygens (including phenoxy) is 1. The minimum Gasteiger partial charge on any atom is -0.472 e. The molecule has 0 saturated heterocycles. The number of aromatic nitrogens is 5. The van der Waals surface area contributed by atoms with Crippen LogP contribution in [-0.2, 0) is 13.2 Å². The highest BCUT2D eigenvalue weighted by Gasteiger charge is 2.06. The highest BCUT2D eigenvalue weighted by atomic mass is 16.5. The summed E-state index contributed by atoms with van der Waals surface area (Å²) in [7, 11) is 0. The third-order valence-electron chi connectivity index (χ3n) is 4.01. The van der Waals surface area contributed by atoms with E-state index in [0.717, 1.165) is 11.3 Å². The maximum absolute atomic E-state index is 8.96. The number of anilines is 3. The van der Waals surface area contributed by atoms with Gasteiger partial charge in [0.15, 0.2) is 5.76 Å². The summed E-state index contributed by atoms with van der Waals surface area (Å²) in [5, 5.41) is 26.0. The predicted octanol–water partition coefficient (Wildman–Crippen LogP) is 3.30. The van der Waals surface area contributed by atoms with Gasteiger partial charge in [-0.25, -0.2) is 4.98 Å². The number of hydrogen-bond donors (Lipinski definition) is 3. The average molecular weight is 402 g/mol. The van der Waals surface area contributed by atoms with Crippen LogP contribution in [0, 0.1) is 18.3 Å². The second-order valence-corrected chi connectivity index (χ2v) is 6.40. The maximum Gasteiger partial charge on any atom is 0.235 e. The largest absolute Gasteiger partial charge is 0.472 e. The van der Waals surface area contributed by atoms with Gasteiger partial charge < -0.3 is 19.9 Å². The molecule has 4 rings (SSSR count). The van der Waals surface area contributed by atoms with E-state index in [1.54, 1.807) is 30.5 Å². The van der Waals surface area contributed by atoms with Crippen LogP contribution in [0.15, 0.2) is 53.2 Å². The second kappa shape index (κ2) is 8.74. The van der Waals surface area contributed by atoms with Crippen LogP contribution in [0.5, 0.6) is 5.88 Å². The summed E-state index contributed by atoms with van der Waals surface area (Å²) in [6, 6.07) is 14.6. The van der Waals surface area contributed by atoms with Gasteiger partial charge >= 0.3 is 0 Å². The zero-order valence-electron chi connectivity index (χ0n) is 16.1. The number of rotatable bonds is 8. The van der Waals surface area contributed by atoms with E-state index in [1.165, 1.54) is 0 Å². The molecule has 10 nitrogen and oxygen atoms in total. The summed E-state index contributed by atoms with van der Waals surface area (Å²) in [6.45, 7) is 2.60. The molecule has 0 bridgehead atoms. The molecule has 0 spiro atoms. The molecule has 0 atom stereocenters. The monoisotopic (exact) mass is 402 g/mol. The molecule has 0 aliphatic heterocycles. The molecule has 0 fully saturated rings. The first-order valence-corrected chi connectivity index (χ1v) is 9.11. The van der Waals surface area contributed by atoms with Crippen molar-refractivity contribution in [2.24, 2.45) is 0 Å². The molecular weight excluding hydrogens is 384 g/mol. The normalized spacial score (nSPS) is 10.4. The Labute approximate surface area is 171 Å². The van der Waals surface area contributed by atoms with E-state index < -0.39 is 0 Å². The first-order chi connectivity index (χ1) is 14.7. The smallest absolute Gasteiger partial charge is 0.235 e. The zero-order valence-corrected chi connectivity index (χ0v) is 16.1. The summed E-state index contributed by atoms with van der Waals surface area (Å²) in [5.74, 6) is 2.77. The minimum atomic E-state index is 0.308. The number of aryl methyl sites for hydroxylation is 1. The van der Waals surface area contributed by atoms with Crippen LogP contribution in [0.25, 0.3) is 0 Å². The Morgan fingerprint density at radius 3 is 3.00 bits per heavy atom. The van der Waals surface area contributed by atoms with Crippen LogP contribution in [-0.4, -0.2) is 25.3 Å². The van der Waals surface area contributed by atoms with Gasteiger partial charge in [0.2, 0.25) is 11.8 Å². The van der Waals surface area contributed by atoms with Crippen molar-refractivity contribution in [3.05, 3.63) is 71.2 Å². The van der Waals surface area contributed by atoms with Gasteiger partial charge in [-0.2, -0.15) is 10.2 Å². The lowest BCUT2D eigenvalue weighted by Gasteiger charge is -2.05. The van der Waals surface area contributed by atoms with E-state index in [9.17, 15) is 0 Å². The van der Waals surface area contributed by atoms with Crippen molar-refractivity contribution in [3.8, 4) is 11.9 Å². The topological polar surface area (TPSA) is 138 Å². The van der Waals surface area contributed by atoms with E-state index in [4.69, 9.17) is 14.5 Å². The predicted molar refractivity (Wildman–Crippen MR) is 108 cm³/mol. The van der Waals surface area contributed by atoms with Crippen LogP contribution in [0.2, 0.25) is 0 Å². The van der Waals surface area contributed by atoms with E-state index in [2.05, 4.69) is 42.0 Å². The van der Waals surface area contributed by atoms with Gasteiger partial charge in [0.1, 0.15) is 18.2 Å². The quantitative estimate of drug-likeness (QED) is 0.405. The Morgan fingerprint density at radius 1 is 1.23 bits per heavy atom. The molecule has 0 amide bonds. The average Bonchev–Trinajstić information content (AvgIpc) is 3.40. The van der Waals surface area contributed by atoms with Gasteiger partial charge in [0.25, 0.3) is 0 Å². The van der Waals surface area contributed by atoms with Crippen LogP contribution in [0.3, 0.4) is 0 Å². The summed E-state index contributed by atoms with van der Waals surface area (Å²) in [5.41, 5.74) is 2.30. The second-order valence-electron chi connectivity index (χ2n) is 6.40. The molecule has 0 aliphatic rings. The number of nitriles is 1. The van der Waals surface area contributed by atoms with Crippen LogP contribution >= 0.6 is 0 Å². The number of hydrogen-bond acceptors (Lipinski definition) is 9. The molecule has 150 valence electrons. The lowest BCUT2D eigenvalue weighted by atomic mass is 10.1. The van der Waals surface area contributed by atoms with Crippen LogP contribution in [0.4, 0.5) is 17.6 Å². The molecular formula is C20H18N8O2. The van der Waals surface area contributed by atoms with Crippen molar-refractivity contribution in [3.63, 3.8) is 0 Å². The fourth-order valence-corrected chi connectivity index (χ4v) is 2.65. The van der Waals surface area contributed by atoms with Crippen LogP contribution < -0.4 is 15.4 Å². The number of nitrogens with zero attached hydrogens (tertiary/aromatic N) is 5. The van der Waals surface area contributed by atoms with Crippen molar-refractivity contribution in [2.75, 3.05) is 10.6 Å². The summed E-state index contributed by atoms with van der Waals surface area (Å²) < 4.78 is 10.8. The van der Waals surface area contributed by atoms with Gasteiger partial charge in [-0.15, -0.1) is 5.10 Å². The fourth-order valence-electron chi connectivity index (χ4n) is 2.65. The molecule has 3 heterocycles. The van der Waals surface area contributed by atoms with E-state index in [0.29, 0.717) is 47.9 Å². The maximum atomic E-state index is 8.96. The number of H-pyrrole nitrogens is 1. The fraction of sp³-hybridized carbons (Fsp3) is 0.150. The molecule has 0 radical (unpaired) electrons. The standard InChI is InChI=1S/C20H18N8O2/c1-13-7-16(30-28-13)11-23-20-22-6-5-17(25-20)24-18-9-19(27-26-18)29-12-15-4-2-3-14(8-15)10-21/h2-9H,11-12H2,1H3,(H3,22,23,24,25,26,27). The van der Waals surface area contributed by atoms with Crippen LogP contribution in [0.1, 0.15) is 22.6 Å². The Hall–Kier alpha value is -4.39. The first kappa shape index (κ1) is 18.9. The Kier molecular flexibility index (Phi) is 5.52. The highest BCUT2D eigenvalue weighted by molar-refractivity contribution is 5.53. The first-order valence-electron chi connectivity index (χ1n) is 9.11. The van der Waals surface area contributed by atoms with Crippen molar-refractivity contribution >= 4 is 17.6 Å². The van der Waals surface area contributed by atoms with E-state index in [-0.39, 0.29) is 0 Å². The highest BCUT2D eigenvalue weighted by Crippen LogP contribution is 2.19. The number of aromatic amines is 1. The Morgan fingerprint density at radius 2 is 2.17 bits per heavy atom. The molecule has 0 unspecified atom stereocenters. The van der Waals surface area contributed by atoms with Crippen molar-refractivity contribution < 1.29 is 9.26 Å². The number of benzene rings is 1.